The van der Waals surface area contributed by atoms with Crippen molar-refractivity contribution in [3.63, 3.8) is 0 Å². The van der Waals surface area contributed by atoms with E-state index in [0.717, 1.165) is 13.9 Å². The molecular weight excluding hydrogens is 504 g/mol. The van der Waals surface area contributed by atoms with Gasteiger partial charge in [-0.1, -0.05) is 0 Å². The zero-order chi connectivity index (χ0) is 20.5. The Morgan fingerprint density at radius 1 is 1.43 bits per heavy atom. The van der Waals surface area contributed by atoms with Crippen molar-refractivity contribution in [3.05, 3.63) is 51.5 Å². The van der Waals surface area contributed by atoms with Crippen LogP contribution in [0, 0.1) is 20.7 Å². The van der Waals surface area contributed by atoms with Crippen LogP contribution in [-0.4, -0.2) is 59.3 Å². The van der Waals surface area contributed by atoms with Gasteiger partial charge in [-0.2, -0.15) is 9.57 Å². The molecule has 0 bridgehead atoms. The average molecular weight is 519 g/mol. The van der Waals surface area contributed by atoms with E-state index in [-0.39, 0.29) is 22.9 Å². The van der Waals surface area contributed by atoms with Gasteiger partial charge in [0.15, 0.2) is 5.03 Å². The Morgan fingerprint density at radius 2 is 2.18 bits per heavy atom. The first-order valence-electron chi connectivity index (χ1n) is 8.01. The lowest BCUT2D eigenvalue weighted by atomic mass is 10.0. The molecule has 0 aliphatic carbocycles. The number of aromatic nitrogens is 1. The van der Waals surface area contributed by atoms with E-state index in [9.17, 15) is 23.0 Å². The molecule has 28 heavy (non-hydrogen) atoms. The molecule has 1 aromatic carbocycles. The highest BCUT2D eigenvalue weighted by atomic mass is 127. The van der Waals surface area contributed by atoms with Crippen LogP contribution >= 0.6 is 22.6 Å². The molecule has 11 heteroatoms. The van der Waals surface area contributed by atoms with Crippen molar-refractivity contribution in [2.45, 2.75) is 16.7 Å². The maximum Gasteiger partial charge on any atom is 0.260 e. The summed E-state index contributed by atoms with van der Waals surface area (Å²) in [6.07, 6.45) is 0.249. The molecule has 2 atom stereocenters. The Labute approximate surface area is 174 Å². The van der Waals surface area contributed by atoms with E-state index in [2.05, 4.69) is 4.98 Å². The molecule has 0 amide bonds. The van der Waals surface area contributed by atoms with Crippen molar-refractivity contribution in [2.75, 3.05) is 19.7 Å². The molecule has 1 aliphatic heterocycles. The second-order valence-corrected chi connectivity index (χ2v) is 9.36. The number of ether oxygens (including phenoxy) is 1. The molecule has 1 aromatic heterocycles. The average Bonchev–Trinajstić information content (AvgIpc) is 3.00. The lowest BCUT2D eigenvalue weighted by molar-refractivity contribution is -0.0641. The van der Waals surface area contributed by atoms with Crippen LogP contribution in [0.4, 0.5) is 4.39 Å². The van der Waals surface area contributed by atoms with E-state index in [1.807, 2.05) is 22.6 Å². The van der Waals surface area contributed by atoms with Gasteiger partial charge in [0.25, 0.3) is 10.0 Å². The topological polar surface area (TPSA) is 124 Å². The minimum Gasteiger partial charge on any atom is -0.486 e. The van der Waals surface area contributed by atoms with Crippen LogP contribution in [0.2, 0.25) is 0 Å². The maximum atomic E-state index is 13.8. The highest BCUT2D eigenvalue weighted by Gasteiger charge is 2.51. The van der Waals surface area contributed by atoms with Crippen molar-refractivity contribution in [2.24, 2.45) is 0 Å². The van der Waals surface area contributed by atoms with Gasteiger partial charge in [0.2, 0.25) is 0 Å². The smallest absolute Gasteiger partial charge is 0.260 e. The van der Waals surface area contributed by atoms with E-state index in [1.165, 1.54) is 24.4 Å². The standard InChI is InChI=1S/C17H15FIN3O5S/c18-14-5-13(3-1-11(14)6-20)27-15-8-22(9-17(15,24)10-23)28(25,26)16-4-2-12(19)7-21-16/h1-5,7,15,23-24H,8-10H2/t15-,17+/m0/s1. The molecule has 0 unspecified atom stereocenters. The van der Waals surface area contributed by atoms with Gasteiger partial charge in [-0.25, -0.2) is 17.8 Å². The number of aliphatic hydroxyl groups is 2. The lowest BCUT2D eigenvalue weighted by Crippen LogP contribution is -2.48. The summed E-state index contributed by atoms with van der Waals surface area (Å²) in [4.78, 5) is 3.91. The summed E-state index contributed by atoms with van der Waals surface area (Å²) in [7, 11) is -4.03. The Balaban J connectivity index is 1.86. The van der Waals surface area contributed by atoms with Crippen molar-refractivity contribution in [3.8, 4) is 11.8 Å². The fourth-order valence-electron chi connectivity index (χ4n) is 2.78. The number of pyridine rings is 1. The van der Waals surface area contributed by atoms with Gasteiger partial charge in [0.05, 0.1) is 18.7 Å². The molecule has 0 saturated carbocycles. The van der Waals surface area contributed by atoms with Crippen molar-refractivity contribution >= 4 is 32.6 Å². The fraction of sp³-hybridized carbons (Fsp3) is 0.294. The van der Waals surface area contributed by atoms with Gasteiger partial charge in [0.1, 0.15) is 29.3 Å². The normalized spacial score (nSPS) is 22.8. The summed E-state index contributed by atoms with van der Waals surface area (Å²) < 4.78 is 46.7. The SMILES string of the molecule is N#Cc1ccc(O[C@H]2CN(S(=O)(=O)c3ccc(I)cn3)C[C@@]2(O)CO)cc1F. The number of β-amino-alcohol motifs (C(OH)–C–C–N with tert-alkyl or cyclic N) is 1. The Kier molecular flexibility index (Phi) is 5.87. The summed E-state index contributed by atoms with van der Waals surface area (Å²) in [5.74, 6) is -0.807. The number of nitrogens with zero attached hydrogens (tertiary/aromatic N) is 3. The third-order valence-corrected chi connectivity index (χ3v) is 6.70. The predicted octanol–water partition coefficient (Wildman–Crippen LogP) is 0.872. The molecule has 148 valence electrons. The van der Waals surface area contributed by atoms with Crippen LogP contribution in [0.5, 0.6) is 5.75 Å². The molecule has 1 saturated heterocycles. The fourth-order valence-corrected chi connectivity index (χ4v) is 4.51. The van der Waals surface area contributed by atoms with Gasteiger partial charge < -0.3 is 14.9 Å². The number of hydrogen-bond acceptors (Lipinski definition) is 7. The monoisotopic (exact) mass is 519 g/mol. The Morgan fingerprint density at radius 3 is 2.75 bits per heavy atom. The zero-order valence-electron chi connectivity index (χ0n) is 14.3. The quantitative estimate of drug-likeness (QED) is 0.562. The summed E-state index contributed by atoms with van der Waals surface area (Å²) in [5, 5.41) is 28.9. The number of rotatable bonds is 5. The largest absolute Gasteiger partial charge is 0.486 e. The van der Waals surface area contributed by atoms with Gasteiger partial charge in [0, 0.05) is 22.4 Å². The van der Waals surface area contributed by atoms with Crippen LogP contribution in [0.15, 0.2) is 41.6 Å². The Bertz CT molecular complexity index is 1030. The minimum absolute atomic E-state index is 0.0000118. The molecular formula is C17H15FIN3O5S. The van der Waals surface area contributed by atoms with Crippen molar-refractivity contribution in [1.82, 2.24) is 9.29 Å². The molecule has 1 fully saturated rings. The highest BCUT2D eigenvalue weighted by Crippen LogP contribution is 2.30. The van der Waals surface area contributed by atoms with E-state index < -0.39 is 40.7 Å². The molecule has 2 aromatic rings. The molecule has 0 spiro atoms. The highest BCUT2D eigenvalue weighted by molar-refractivity contribution is 14.1. The maximum absolute atomic E-state index is 13.8. The molecule has 0 radical (unpaired) electrons. The van der Waals surface area contributed by atoms with Crippen LogP contribution < -0.4 is 4.74 Å². The van der Waals surface area contributed by atoms with Gasteiger partial charge >= 0.3 is 0 Å². The first-order chi connectivity index (χ1) is 13.2. The summed E-state index contributed by atoms with van der Waals surface area (Å²) in [6, 6.07) is 8.12. The second-order valence-electron chi connectivity index (χ2n) is 6.23. The number of aliphatic hydroxyl groups excluding tert-OH is 1. The third kappa shape index (κ3) is 3.96. The van der Waals surface area contributed by atoms with Gasteiger partial charge in [-0.05, 0) is 46.9 Å². The van der Waals surface area contributed by atoms with E-state index in [4.69, 9.17) is 10.00 Å². The minimum atomic E-state index is -4.03. The molecule has 1 aliphatic rings. The summed E-state index contributed by atoms with van der Waals surface area (Å²) in [5.41, 5.74) is -2.06. The summed E-state index contributed by atoms with van der Waals surface area (Å²) in [6.45, 7) is -1.44. The van der Waals surface area contributed by atoms with Crippen LogP contribution in [0.3, 0.4) is 0 Å². The first-order valence-corrected chi connectivity index (χ1v) is 10.5. The number of nitriles is 1. The zero-order valence-corrected chi connectivity index (χ0v) is 17.3. The molecule has 8 nitrogen and oxygen atoms in total. The summed E-state index contributed by atoms with van der Waals surface area (Å²) >= 11 is 1.99. The van der Waals surface area contributed by atoms with Crippen molar-refractivity contribution in [1.29, 1.82) is 5.26 Å². The lowest BCUT2D eigenvalue weighted by Gasteiger charge is -2.27. The van der Waals surface area contributed by atoms with Crippen molar-refractivity contribution < 1.29 is 27.8 Å². The molecule has 3 rings (SSSR count). The van der Waals surface area contributed by atoms with Crippen LogP contribution in [-0.2, 0) is 10.0 Å². The van der Waals surface area contributed by atoms with E-state index in [0.29, 0.717) is 0 Å². The number of halogens is 2. The molecule has 2 heterocycles. The Hall–Kier alpha value is -1.85. The molecule has 2 N–H and O–H groups in total. The predicted molar refractivity (Wildman–Crippen MR) is 103 cm³/mol. The van der Waals surface area contributed by atoms with Crippen LogP contribution in [0.25, 0.3) is 0 Å². The second kappa shape index (κ2) is 7.88. The number of benzene rings is 1. The van der Waals surface area contributed by atoms with E-state index >= 15 is 0 Å². The van der Waals surface area contributed by atoms with E-state index in [1.54, 1.807) is 12.1 Å². The van der Waals surface area contributed by atoms with Gasteiger partial charge in [-0.15, -0.1) is 0 Å². The number of sulfonamides is 1. The van der Waals surface area contributed by atoms with Crippen LogP contribution in [0.1, 0.15) is 5.56 Å². The third-order valence-electron chi connectivity index (χ3n) is 4.34. The first kappa shape index (κ1) is 20.9. The van der Waals surface area contributed by atoms with Gasteiger partial charge in [-0.3, -0.25) is 0 Å². The number of hydrogen-bond donors (Lipinski definition) is 2.